The van der Waals surface area contributed by atoms with Crippen LogP contribution in [0.5, 0.6) is 0 Å². The van der Waals surface area contributed by atoms with Crippen LogP contribution in [0.1, 0.15) is 38.8 Å². The largest absolute Gasteiger partial charge is 0.350 e. The number of hydrogen-bond acceptors (Lipinski definition) is 7. The molecule has 0 bridgehead atoms. The summed E-state index contributed by atoms with van der Waals surface area (Å²) in [6, 6.07) is 6.20. The van der Waals surface area contributed by atoms with Crippen molar-refractivity contribution in [3.63, 3.8) is 0 Å². The average Bonchev–Trinajstić information content (AvgIpc) is 3.07. The molecular formula is C20H29N5O2S2. The van der Waals surface area contributed by atoms with Crippen LogP contribution in [0.2, 0.25) is 0 Å². The van der Waals surface area contributed by atoms with E-state index < -0.39 is 0 Å². The number of amides is 2. The first-order chi connectivity index (χ1) is 13.6. The van der Waals surface area contributed by atoms with E-state index in [0.717, 1.165) is 17.7 Å². The van der Waals surface area contributed by atoms with E-state index in [2.05, 4.69) is 46.8 Å². The summed E-state index contributed by atoms with van der Waals surface area (Å²) in [7, 11) is 1.63. The van der Waals surface area contributed by atoms with Gasteiger partial charge in [0.05, 0.1) is 12.3 Å². The SMILES string of the molecule is CCc1cccc(C)c1Nc1nnc(SCC(=O)N(C)CC(=O)NC(C)(C)C)s1. The Labute approximate surface area is 180 Å². The molecule has 0 atom stereocenters. The second-order valence-electron chi connectivity index (χ2n) is 7.80. The third kappa shape index (κ3) is 7.32. The van der Waals surface area contributed by atoms with E-state index in [1.807, 2.05) is 26.8 Å². The number of aryl methyl sites for hydroxylation is 2. The van der Waals surface area contributed by atoms with Gasteiger partial charge in [0, 0.05) is 18.3 Å². The van der Waals surface area contributed by atoms with Crippen LogP contribution in [0, 0.1) is 6.92 Å². The summed E-state index contributed by atoms with van der Waals surface area (Å²) in [5.74, 6) is -0.0972. The summed E-state index contributed by atoms with van der Waals surface area (Å²) in [6.07, 6.45) is 0.925. The maximum atomic E-state index is 12.3. The highest BCUT2D eigenvalue weighted by atomic mass is 32.2. The molecule has 9 heteroatoms. The van der Waals surface area contributed by atoms with Crippen molar-refractivity contribution < 1.29 is 9.59 Å². The fraction of sp³-hybridized carbons (Fsp3) is 0.500. The van der Waals surface area contributed by atoms with Crippen molar-refractivity contribution in [3.05, 3.63) is 29.3 Å². The van der Waals surface area contributed by atoms with E-state index in [1.165, 1.54) is 33.6 Å². The molecular weight excluding hydrogens is 406 g/mol. The maximum absolute atomic E-state index is 12.3. The van der Waals surface area contributed by atoms with Crippen molar-refractivity contribution in [1.82, 2.24) is 20.4 Å². The zero-order chi connectivity index (χ0) is 21.6. The molecule has 2 N–H and O–H groups in total. The van der Waals surface area contributed by atoms with Crippen molar-refractivity contribution in [1.29, 1.82) is 0 Å². The fourth-order valence-electron chi connectivity index (χ4n) is 2.62. The second kappa shape index (κ2) is 10.1. The number of carbonyl (C=O) groups is 2. The number of likely N-dealkylation sites (N-methyl/N-ethyl adjacent to an activating group) is 1. The van der Waals surface area contributed by atoms with E-state index in [1.54, 1.807) is 7.05 Å². The summed E-state index contributed by atoms with van der Waals surface area (Å²) in [5, 5.41) is 15.2. The molecule has 0 aliphatic rings. The van der Waals surface area contributed by atoms with Crippen LogP contribution >= 0.6 is 23.1 Å². The highest BCUT2D eigenvalue weighted by molar-refractivity contribution is 8.01. The molecule has 0 saturated carbocycles. The van der Waals surface area contributed by atoms with Crippen LogP contribution in [-0.2, 0) is 16.0 Å². The molecule has 158 valence electrons. The Bertz CT molecular complexity index is 861. The lowest BCUT2D eigenvalue weighted by atomic mass is 10.1. The number of aromatic nitrogens is 2. The van der Waals surface area contributed by atoms with E-state index in [0.29, 0.717) is 9.47 Å². The Hall–Kier alpha value is -2.13. The molecule has 2 rings (SSSR count). The predicted molar refractivity (Wildman–Crippen MR) is 120 cm³/mol. The Morgan fingerprint density at radius 3 is 2.62 bits per heavy atom. The van der Waals surface area contributed by atoms with Crippen LogP contribution in [0.25, 0.3) is 0 Å². The van der Waals surface area contributed by atoms with Gasteiger partial charge in [-0.25, -0.2) is 0 Å². The van der Waals surface area contributed by atoms with Gasteiger partial charge in [-0.1, -0.05) is 48.2 Å². The molecule has 0 radical (unpaired) electrons. The first kappa shape index (κ1) is 23.2. The minimum absolute atomic E-state index is 0.0344. The van der Waals surface area contributed by atoms with Crippen LogP contribution in [0.3, 0.4) is 0 Å². The zero-order valence-electron chi connectivity index (χ0n) is 17.8. The molecule has 1 aromatic carbocycles. The smallest absolute Gasteiger partial charge is 0.240 e. The van der Waals surface area contributed by atoms with E-state index in [-0.39, 0.29) is 29.7 Å². The first-order valence-electron chi connectivity index (χ1n) is 9.46. The standard InChI is InChI=1S/C20H29N5O2S2/c1-7-14-10-8-9-13(2)17(14)21-18-23-24-19(29-18)28-12-16(27)25(6)11-15(26)22-20(3,4)5/h8-10H,7,11-12H2,1-6H3,(H,21,23)(H,22,26). The van der Waals surface area contributed by atoms with Gasteiger partial charge in [-0.2, -0.15) is 0 Å². The molecule has 2 aromatic rings. The number of nitrogens with one attached hydrogen (secondary N) is 2. The highest BCUT2D eigenvalue weighted by Gasteiger charge is 2.18. The topological polar surface area (TPSA) is 87.2 Å². The molecule has 29 heavy (non-hydrogen) atoms. The lowest BCUT2D eigenvalue weighted by molar-refractivity contribution is -0.133. The molecule has 0 aliphatic carbocycles. The molecule has 0 aliphatic heterocycles. The minimum atomic E-state index is -0.319. The van der Waals surface area contributed by atoms with Gasteiger partial charge in [-0.15, -0.1) is 10.2 Å². The summed E-state index contributed by atoms with van der Waals surface area (Å²) < 4.78 is 0.708. The number of benzene rings is 1. The predicted octanol–water partition coefficient (Wildman–Crippen LogP) is 3.62. The maximum Gasteiger partial charge on any atom is 0.240 e. The number of nitrogens with zero attached hydrogens (tertiary/aromatic N) is 3. The Kier molecular flexibility index (Phi) is 8.04. The van der Waals surface area contributed by atoms with E-state index in [9.17, 15) is 9.59 Å². The van der Waals surface area contributed by atoms with Gasteiger partial charge >= 0.3 is 0 Å². The van der Waals surface area contributed by atoms with Gasteiger partial charge in [0.1, 0.15) is 0 Å². The third-order valence-corrected chi connectivity index (χ3v) is 5.98. The Morgan fingerprint density at radius 1 is 1.24 bits per heavy atom. The second-order valence-corrected chi connectivity index (χ2v) is 10.00. The number of thioether (sulfide) groups is 1. The zero-order valence-corrected chi connectivity index (χ0v) is 19.5. The lowest BCUT2D eigenvalue weighted by Crippen LogP contribution is -2.46. The summed E-state index contributed by atoms with van der Waals surface area (Å²) in [4.78, 5) is 25.7. The van der Waals surface area contributed by atoms with Crippen molar-refractivity contribution >= 4 is 45.7 Å². The molecule has 1 heterocycles. The number of anilines is 2. The van der Waals surface area contributed by atoms with Crippen LogP contribution in [0.4, 0.5) is 10.8 Å². The Balaban J connectivity index is 1.89. The van der Waals surface area contributed by atoms with Crippen LogP contribution < -0.4 is 10.6 Å². The van der Waals surface area contributed by atoms with Crippen LogP contribution in [0.15, 0.2) is 22.5 Å². The number of hydrogen-bond donors (Lipinski definition) is 2. The van der Waals surface area contributed by atoms with Gasteiger partial charge in [0.2, 0.25) is 16.9 Å². The molecule has 0 unspecified atom stereocenters. The average molecular weight is 436 g/mol. The van der Waals surface area contributed by atoms with Gasteiger partial charge in [-0.3, -0.25) is 9.59 Å². The van der Waals surface area contributed by atoms with Gasteiger partial charge in [-0.05, 0) is 45.2 Å². The highest BCUT2D eigenvalue weighted by Crippen LogP contribution is 2.30. The quantitative estimate of drug-likeness (QED) is 0.616. The Morgan fingerprint density at radius 2 is 1.97 bits per heavy atom. The number of para-hydroxylation sites is 1. The van der Waals surface area contributed by atoms with Crippen molar-refractivity contribution in [2.45, 2.75) is 50.9 Å². The minimum Gasteiger partial charge on any atom is -0.350 e. The van der Waals surface area contributed by atoms with Gasteiger partial charge in [0.25, 0.3) is 0 Å². The van der Waals surface area contributed by atoms with Crippen LogP contribution in [-0.4, -0.2) is 51.8 Å². The summed E-state index contributed by atoms with van der Waals surface area (Å²) >= 11 is 2.74. The van der Waals surface area contributed by atoms with Crippen molar-refractivity contribution in [2.75, 3.05) is 24.7 Å². The van der Waals surface area contributed by atoms with Gasteiger partial charge in [0.15, 0.2) is 4.34 Å². The monoisotopic (exact) mass is 435 g/mol. The normalized spacial score (nSPS) is 11.2. The third-order valence-electron chi connectivity index (χ3n) is 4.02. The summed E-state index contributed by atoms with van der Waals surface area (Å²) in [5.41, 5.74) is 3.11. The summed E-state index contributed by atoms with van der Waals surface area (Å²) in [6.45, 7) is 9.93. The van der Waals surface area contributed by atoms with Crippen molar-refractivity contribution in [3.8, 4) is 0 Å². The molecule has 7 nitrogen and oxygen atoms in total. The van der Waals surface area contributed by atoms with E-state index in [4.69, 9.17) is 0 Å². The molecule has 0 fully saturated rings. The number of carbonyl (C=O) groups excluding carboxylic acids is 2. The van der Waals surface area contributed by atoms with Gasteiger partial charge < -0.3 is 15.5 Å². The fourth-order valence-corrected chi connectivity index (χ4v) is 4.32. The molecule has 0 spiro atoms. The molecule has 2 amide bonds. The lowest BCUT2D eigenvalue weighted by Gasteiger charge is -2.23. The van der Waals surface area contributed by atoms with Crippen molar-refractivity contribution in [2.24, 2.45) is 0 Å². The number of rotatable bonds is 8. The van der Waals surface area contributed by atoms with E-state index >= 15 is 0 Å². The first-order valence-corrected chi connectivity index (χ1v) is 11.3. The molecule has 0 saturated heterocycles. The molecule has 1 aromatic heterocycles.